The Morgan fingerprint density at radius 1 is 1.30 bits per heavy atom. The van der Waals surface area contributed by atoms with E-state index in [0.717, 1.165) is 28.6 Å². The summed E-state index contributed by atoms with van der Waals surface area (Å²) in [5.41, 5.74) is 0. The molecule has 23 heavy (non-hydrogen) atoms. The van der Waals surface area contributed by atoms with Gasteiger partial charge in [0.2, 0.25) is 10.9 Å². The number of sulfone groups is 1. The number of hydrogen-bond acceptors (Lipinski definition) is 7. The molecule has 1 atom stereocenters. The molecule has 8 nitrogen and oxygen atoms in total. The van der Waals surface area contributed by atoms with Gasteiger partial charge in [0.05, 0.1) is 11.5 Å². The molecule has 1 amide bonds. The Labute approximate surface area is 137 Å². The van der Waals surface area contributed by atoms with E-state index in [1.54, 1.807) is 4.52 Å². The second kappa shape index (κ2) is 5.52. The van der Waals surface area contributed by atoms with Crippen molar-refractivity contribution in [3.8, 4) is 0 Å². The van der Waals surface area contributed by atoms with Gasteiger partial charge in [0.1, 0.15) is 5.01 Å². The van der Waals surface area contributed by atoms with Crippen LogP contribution in [0.5, 0.6) is 0 Å². The van der Waals surface area contributed by atoms with Gasteiger partial charge in [0, 0.05) is 24.8 Å². The number of hydrogen-bond donors (Lipinski definition) is 1. The lowest BCUT2D eigenvalue weighted by Crippen LogP contribution is -2.35. The van der Waals surface area contributed by atoms with E-state index in [2.05, 4.69) is 20.6 Å². The monoisotopic (exact) mass is 355 g/mol. The first-order valence-corrected chi connectivity index (χ1v) is 10.3. The Morgan fingerprint density at radius 3 is 2.83 bits per heavy atom. The van der Waals surface area contributed by atoms with Gasteiger partial charge in [-0.05, 0) is 19.3 Å². The van der Waals surface area contributed by atoms with Crippen molar-refractivity contribution in [1.82, 2.24) is 25.1 Å². The van der Waals surface area contributed by atoms with Crippen molar-refractivity contribution in [2.75, 3.05) is 11.5 Å². The number of fused-ring (bicyclic) bond motifs is 1. The maximum Gasteiger partial charge on any atom is 0.234 e. The van der Waals surface area contributed by atoms with Crippen LogP contribution in [0.2, 0.25) is 0 Å². The van der Waals surface area contributed by atoms with Crippen LogP contribution >= 0.6 is 11.3 Å². The van der Waals surface area contributed by atoms with Crippen LogP contribution in [0.3, 0.4) is 0 Å². The van der Waals surface area contributed by atoms with Crippen LogP contribution < -0.4 is 5.32 Å². The molecule has 1 N–H and O–H groups in total. The molecule has 2 aliphatic rings. The predicted molar refractivity (Wildman–Crippen MR) is 84.2 cm³/mol. The molecular formula is C13H17N5O3S2. The van der Waals surface area contributed by atoms with Crippen LogP contribution in [0.15, 0.2) is 0 Å². The summed E-state index contributed by atoms with van der Waals surface area (Å²) in [6.45, 7) is 0. The van der Waals surface area contributed by atoms with Crippen molar-refractivity contribution in [3.63, 3.8) is 0 Å². The Balaban J connectivity index is 1.34. The summed E-state index contributed by atoms with van der Waals surface area (Å²) in [7, 11) is -2.97. The second-order valence-electron chi connectivity index (χ2n) is 6.19. The maximum absolute atomic E-state index is 12.0. The van der Waals surface area contributed by atoms with Crippen LogP contribution in [-0.2, 0) is 21.1 Å². The third-order valence-corrected chi connectivity index (χ3v) is 6.89. The van der Waals surface area contributed by atoms with Crippen LogP contribution in [0.1, 0.15) is 42.4 Å². The van der Waals surface area contributed by atoms with Crippen molar-refractivity contribution < 1.29 is 13.2 Å². The average molecular weight is 355 g/mol. The first-order valence-electron chi connectivity index (χ1n) is 7.71. The summed E-state index contributed by atoms with van der Waals surface area (Å²) in [6, 6.07) is -0.244. The molecule has 1 aliphatic heterocycles. The molecule has 124 valence electrons. The lowest BCUT2D eigenvalue weighted by molar-refractivity contribution is -0.121. The zero-order valence-electron chi connectivity index (χ0n) is 12.4. The van der Waals surface area contributed by atoms with Crippen molar-refractivity contribution in [2.45, 2.75) is 44.1 Å². The SMILES string of the molecule is O=C(CCc1nn2c(C3CC3)nnc2s1)NC1CCS(=O)(=O)C1. The lowest BCUT2D eigenvalue weighted by atomic mass is 10.2. The number of aromatic nitrogens is 4. The van der Waals surface area contributed by atoms with Gasteiger partial charge in [0.25, 0.3) is 0 Å². The minimum absolute atomic E-state index is 0.0558. The summed E-state index contributed by atoms with van der Waals surface area (Å²) in [5.74, 6) is 1.50. The molecule has 2 fully saturated rings. The Bertz CT molecular complexity index is 852. The summed E-state index contributed by atoms with van der Waals surface area (Å²) in [6.07, 6.45) is 3.62. The molecule has 1 saturated heterocycles. The Morgan fingerprint density at radius 2 is 2.13 bits per heavy atom. The highest BCUT2D eigenvalue weighted by Crippen LogP contribution is 2.39. The third kappa shape index (κ3) is 3.23. The molecule has 1 unspecified atom stereocenters. The number of carbonyl (C=O) groups is 1. The highest BCUT2D eigenvalue weighted by molar-refractivity contribution is 7.91. The summed E-state index contributed by atoms with van der Waals surface area (Å²) < 4.78 is 24.6. The smallest absolute Gasteiger partial charge is 0.234 e. The minimum atomic E-state index is -2.97. The summed E-state index contributed by atoms with van der Waals surface area (Å²) >= 11 is 1.45. The largest absolute Gasteiger partial charge is 0.352 e. The fourth-order valence-electron chi connectivity index (χ4n) is 2.80. The Hall–Kier alpha value is -1.55. The molecule has 0 spiro atoms. The fraction of sp³-hybridized carbons (Fsp3) is 0.692. The zero-order valence-corrected chi connectivity index (χ0v) is 14.1. The molecule has 3 heterocycles. The number of amides is 1. The van der Waals surface area contributed by atoms with E-state index in [9.17, 15) is 13.2 Å². The summed E-state index contributed by atoms with van der Waals surface area (Å²) in [4.78, 5) is 12.7. The van der Waals surface area contributed by atoms with Gasteiger partial charge in [0.15, 0.2) is 15.7 Å². The van der Waals surface area contributed by atoms with E-state index < -0.39 is 9.84 Å². The fourth-order valence-corrected chi connectivity index (χ4v) is 5.31. The van der Waals surface area contributed by atoms with Gasteiger partial charge < -0.3 is 5.32 Å². The molecule has 10 heteroatoms. The molecule has 2 aromatic rings. The molecule has 0 radical (unpaired) electrons. The van der Waals surface area contributed by atoms with E-state index >= 15 is 0 Å². The highest BCUT2D eigenvalue weighted by atomic mass is 32.2. The van der Waals surface area contributed by atoms with Gasteiger partial charge in [-0.2, -0.15) is 9.61 Å². The van der Waals surface area contributed by atoms with Crippen molar-refractivity contribution >= 4 is 32.0 Å². The molecule has 1 aliphatic carbocycles. The molecular weight excluding hydrogens is 338 g/mol. The van der Waals surface area contributed by atoms with E-state index in [4.69, 9.17) is 0 Å². The van der Waals surface area contributed by atoms with E-state index in [1.165, 1.54) is 11.3 Å². The van der Waals surface area contributed by atoms with Gasteiger partial charge in [-0.25, -0.2) is 8.42 Å². The van der Waals surface area contributed by atoms with Crippen molar-refractivity contribution in [2.24, 2.45) is 0 Å². The number of aryl methyl sites for hydroxylation is 1. The van der Waals surface area contributed by atoms with Crippen LogP contribution in [0.4, 0.5) is 0 Å². The third-order valence-electron chi connectivity index (χ3n) is 4.16. The van der Waals surface area contributed by atoms with E-state index in [0.29, 0.717) is 25.2 Å². The topological polar surface area (TPSA) is 106 Å². The van der Waals surface area contributed by atoms with Crippen molar-refractivity contribution in [1.29, 1.82) is 0 Å². The van der Waals surface area contributed by atoms with Crippen LogP contribution in [-0.4, -0.2) is 51.7 Å². The molecule has 2 aromatic heterocycles. The molecule has 0 bridgehead atoms. The van der Waals surface area contributed by atoms with Gasteiger partial charge in [-0.3, -0.25) is 4.79 Å². The average Bonchev–Trinajstić information content (AvgIpc) is 2.98. The van der Waals surface area contributed by atoms with Crippen molar-refractivity contribution in [3.05, 3.63) is 10.8 Å². The molecule has 4 rings (SSSR count). The molecule has 1 saturated carbocycles. The normalized spacial score (nSPS) is 23.4. The van der Waals surface area contributed by atoms with Gasteiger partial charge in [-0.15, -0.1) is 10.2 Å². The van der Waals surface area contributed by atoms with Crippen LogP contribution in [0, 0.1) is 0 Å². The maximum atomic E-state index is 12.0. The summed E-state index contributed by atoms with van der Waals surface area (Å²) in [5, 5.41) is 16.4. The quantitative estimate of drug-likeness (QED) is 0.827. The standard InChI is InChI=1S/C13H17N5O3S2/c19-10(14-9-5-6-23(20,21)7-9)3-4-11-17-18-12(8-1-2-8)15-16-13(18)22-11/h8-9H,1-7H2,(H,14,19). The number of carbonyl (C=O) groups excluding carboxylic acids is 1. The Kier molecular flexibility index (Phi) is 3.60. The number of nitrogens with zero attached hydrogens (tertiary/aromatic N) is 4. The highest BCUT2D eigenvalue weighted by Gasteiger charge is 2.30. The minimum Gasteiger partial charge on any atom is -0.352 e. The zero-order chi connectivity index (χ0) is 16.0. The second-order valence-corrected chi connectivity index (χ2v) is 9.46. The first kappa shape index (κ1) is 15.0. The lowest BCUT2D eigenvalue weighted by Gasteiger charge is -2.09. The number of rotatable bonds is 5. The van der Waals surface area contributed by atoms with E-state index in [1.807, 2.05) is 0 Å². The number of nitrogens with one attached hydrogen (secondary N) is 1. The van der Waals surface area contributed by atoms with Gasteiger partial charge in [-0.1, -0.05) is 11.3 Å². The molecule has 0 aromatic carbocycles. The van der Waals surface area contributed by atoms with Gasteiger partial charge >= 0.3 is 0 Å². The predicted octanol–water partition coefficient (Wildman–Crippen LogP) is 0.299. The van der Waals surface area contributed by atoms with Crippen LogP contribution in [0.25, 0.3) is 4.96 Å². The van der Waals surface area contributed by atoms with E-state index in [-0.39, 0.29) is 23.5 Å². The first-order chi connectivity index (χ1) is 11.0.